The molecule has 0 aliphatic rings. The fourth-order valence-electron chi connectivity index (χ4n) is 1.84. The molecule has 1 aromatic heterocycles. The van der Waals surface area contributed by atoms with Gasteiger partial charge in [-0.3, -0.25) is 0 Å². The first-order valence-electron chi connectivity index (χ1n) is 5.97. The molecule has 0 saturated carbocycles. The highest BCUT2D eigenvalue weighted by molar-refractivity contribution is 9.10. The molecule has 5 heteroatoms. The summed E-state index contributed by atoms with van der Waals surface area (Å²) in [6.07, 6.45) is 0.603. The van der Waals surface area contributed by atoms with Crippen LogP contribution in [-0.2, 0) is 6.42 Å². The zero-order valence-electron chi connectivity index (χ0n) is 10.4. The molecule has 0 radical (unpaired) electrons. The lowest BCUT2D eigenvalue weighted by Gasteiger charge is -2.12. The minimum absolute atomic E-state index is 0.231. The minimum Gasteiger partial charge on any atom is -0.309 e. The number of hydrogen-bond acceptors (Lipinski definition) is 2. The van der Waals surface area contributed by atoms with Crippen LogP contribution in [0.1, 0.15) is 23.4 Å². The van der Waals surface area contributed by atoms with Crippen molar-refractivity contribution in [1.82, 2.24) is 5.32 Å². The highest BCUT2D eigenvalue weighted by Gasteiger charge is 2.07. The summed E-state index contributed by atoms with van der Waals surface area (Å²) < 4.78 is 27.1. The summed E-state index contributed by atoms with van der Waals surface area (Å²) in [5.74, 6) is -1.05. The Bertz CT molecular complexity index is 536. The third kappa shape index (κ3) is 4.37. The van der Waals surface area contributed by atoms with Gasteiger partial charge in [0.25, 0.3) is 0 Å². The van der Waals surface area contributed by atoms with Crippen LogP contribution < -0.4 is 5.32 Å². The van der Waals surface area contributed by atoms with E-state index in [1.807, 2.05) is 5.38 Å². The average Bonchev–Trinajstić information content (AvgIpc) is 2.74. The van der Waals surface area contributed by atoms with Crippen molar-refractivity contribution in [2.45, 2.75) is 19.4 Å². The molecule has 2 rings (SSSR count). The van der Waals surface area contributed by atoms with Crippen LogP contribution in [0.3, 0.4) is 0 Å². The molecule has 2 aromatic rings. The Hall–Kier alpha value is -0.780. The zero-order valence-corrected chi connectivity index (χ0v) is 12.8. The van der Waals surface area contributed by atoms with Crippen LogP contribution in [-0.4, -0.2) is 6.54 Å². The number of hydrogen-bond donors (Lipinski definition) is 1. The maximum atomic E-state index is 13.0. The maximum Gasteiger partial charge on any atom is 0.126 e. The van der Waals surface area contributed by atoms with Crippen molar-refractivity contribution in [1.29, 1.82) is 0 Å². The van der Waals surface area contributed by atoms with Gasteiger partial charge in [0.2, 0.25) is 0 Å². The van der Waals surface area contributed by atoms with Crippen LogP contribution in [0.2, 0.25) is 0 Å². The Morgan fingerprint density at radius 2 is 1.89 bits per heavy atom. The second-order valence-electron chi connectivity index (χ2n) is 4.37. The quantitative estimate of drug-likeness (QED) is 0.829. The molecule has 0 aliphatic heterocycles. The van der Waals surface area contributed by atoms with Gasteiger partial charge in [0.05, 0.1) is 0 Å². The Morgan fingerprint density at radius 1 is 1.21 bits per heavy atom. The Morgan fingerprint density at radius 3 is 2.47 bits per heavy atom. The topological polar surface area (TPSA) is 12.0 Å². The summed E-state index contributed by atoms with van der Waals surface area (Å²) in [5.41, 5.74) is 0.671. The van der Waals surface area contributed by atoms with Gasteiger partial charge in [-0.15, -0.1) is 11.3 Å². The van der Waals surface area contributed by atoms with E-state index in [4.69, 9.17) is 0 Å². The SMILES string of the molecule is CC(NCCc1cc(F)cc(F)c1)c1cc(Br)cs1. The van der Waals surface area contributed by atoms with E-state index in [2.05, 4.69) is 34.2 Å². The third-order valence-corrected chi connectivity index (χ3v) is 4.68. The van der Waals surface area contributed by atoms with Crippen molar-refractivity contribution >= 4 is 27.3 Å². The van der Waals surface area contributed by atoms with Crippen molar-refractivity contribution in [3.05, 3.63) is 56.2 Å². The summed E-state index contributed by atoms with van der Waals surface area (Å²) in [5, 5.41) is 5.38. The molecule has 1 N–H and O–H groups in total. The molecular weight excluding hydrogens is 332 g/mol. The predicted molar refractivity (Wildman–Crippen MR) is 78.5 cm³/mol. The summed E-state index contributed by atoms with van der Waals surface area (Å²) in [7, 11) is 0. The Labute approximate surface area is 123 Å². The predicted octanol–water partition coefficient (Wildman–Crippen LogP) is 4.68. The van der Waals surface area contributed by atoms with Crippen molar-refractivity contribution < 1.29 is 8.78 Å². The first kappa shape index (κ1) is 14.6. The average molecular weight is 346 g/mol. The number of rotatable bonds is 5. The second-order valence-corrected chi connectivity index (χ2v) is 6.23. The molecule has 102 valence electrons. The van der Waals surface area contributed by atoms with Gasteiger partial charge in [-0.1, -0.05) is 0 Å². The lowest BCUT2D eigenvalue weighted by atomic mass is 10.1. The van der Waals surface area contributed by atoms with Gasteiger partial charge >= 0.3 is 0 Å². The lowest BCUT2D eigenvalue weighted by Crippen LogP contribution is -2.20. The summed E-state index contributed by atoms with van der Waals surface area (Å²) in [6, 6.07) is 5.94. The maximum absolute atomic E-state index is 13.0. The molecule has 0 aliphatic carbocycles. The molecule has 0 spiro atoms. The molecule has 1 atom stereocenters. The highest BCUT2D eigenvalue weighted by Crippen LogP contribution is 2.25. The molecule has 19 heavy (non-hydrogen) atoms. The van der Waals surface area contributed by atoms with Crippen molar-refractivity contribution in [2.24, 2.45) is 0 Å². The van der Waals surface area contributed by atoms with Gasteiger partial charge in [0, 0.05) is 26.8 Å². The van der Waals surface area contributed by atoms with E-state index in [9.17, 15) is 8.78 Å². The van der Waals surface area contributed by atoms with Crippen molar-refractivity contribution in [2.75, 3.05) is 6.54 Å². The van der Waals surface area contributed by atoms with Gasteiger partial charge < -0.3 is 5.32 Å². The molecule has 0 saturated heterocycles. The largest absolute Gasteiger partial charge is 0.309 e. The first-order valence-corrected chi connectivity index (χ1v) is 7.64. The van der Waals surface area contributed by atoms with Gasteiger partial charge in [0.15, 0.2) is 0 Å². The molecule has 1 nitrogen and oxygen atoms in total. The van der Waals surface area contributed by atoms with Crippen LogP contribution in [0.25, 0.3) is 0 Å². The summed E-state index contributed by atoms with van der Waals surface area (Å²) in [6.45, 7) is 2.75. The number of halogens is 3. The molecule has 0 fully saturated rings. The lowest BCUT2D eigenvalue weighted by molar-refractivity contribution is 0.567. The van der Waals surface area contributed by atoms with Crippen molar-refractivity contribution in [3.8, 4) is 0 Å². The third-order valence-electron chi connectivity index (χ3n) is 2.80. The first-order chi connectivity index (χ1) is 9.04. The summed E-state index contributed by atoms with van der Waals surface area (Å²) in [4.78, 5) is 1.23. The van der Waals surface area contributed by atoms with E-state index in [0.29, 0.717) is 18.5 Å². The van der Waals surface area contributed by atoms with Crippen LogP contribution in [0.15, 0.2) is 34.1 Å². The Kier molecular flexibility index (Phi) is 5.07. The van der Waals surface area contributed by atoms with E-state index in [1.165, 1.54) is 17.0 Å². The van der Waals surface area contributed by atoms with Gasteiger partial charge in [-0.2, -0.15) is 0 Å². The smallest absolute Gasteiger partial charge is 0.126 e. The molecule has 0 amide bonds. The standard InChI is InChI=1S/C14H14BrF2NS/c1-9(14-6-11(15)8-19-14)18-3-2-10-4-12(16)7-13(17)5-10/h4-9,18H,2-3H2,1H3. The molecule has 1 aromatic carbocycles. The van der Waals surface area contributed by atoms with Crippen LogP contribution in [0.5, 0.6) is 0 Å². The van der Waals surface area contributed by atoms with Gasteiger partial charge in [0.1, 0.15) is 11.6 Å². The van der Waals surface area contributed by atoms with E-state index < -0.39 is 11.6 Å². The fourth-order valence-corrected chi connectivity index (χ4v) is 3.32. The number of thiophene rings is 1. The zero-order chi connectivity index (χ0) is 13.8. The van der Waals surface area contributed by atoms with E-state index in [0.717, 1.165) is 10.5 Å². The Balaban J connectivity index is 1.86. The number of benzene rings is 1. The molecule has 0 bridgehead atoms. The molecule has 1 unspecified atom stereocenters. The molecule has 1 heterocycles. The monoisotopic (exact) mass is 345 g/mol. The van der Waals surface area contributed by atoms with Crippen molar-refractivity contribution in [3.63, 3.8) is 0 Å². The van der Waals surface area contributed by atoms with Gasteiger partial charge in [-0.05, 0) is 59.6 Å². The van der Waals surface area contributed by atoms with E-state index in [1.54, 1.807) is 11.3 Å². The van der Waals surface area contributed by atoms with E-state index in [-0.39, 0.29) is 6.04 Å². The fraction of sp³-hybridized carbons (Fsp3) is 0.286. The minimum atomic E-state index is -0.523. The van der Waals surface area contributed by atoms with Crippen LogP contribution >= 0.6 is 27.3 Å². The number of nitrogens with one attached hydrogen (secondary N) is 1. The normalized spacial score (nSPS) is 12.6. The molecular formula is C14H14BrF2NS. The van der Waals surface area contributed by atoms with E-state index >= 15 is 0 Å². The summed E-state index contributed by atoms with van der Waals surface area (Å²) >= 11 is 5.10. The highest BCUT2D eigenvalue weighted by atomic mass is 79.9. The van der Waals surface area contributed by atoms with Crippen LogP contribution in [0, 0.1) is 11.6 Å². The van der Waals surface area contributed by atoms with Gasteiger partial charge in [-0.25, -0.2) is 8.78 Å². The van der Waals surface area contributed by atoms with Crippen LogP contribution in [0.4, 0.5) is 8.78 Å². The second kappa shape index (κ2) is 6.59.